The van der Waals surface area contributed by atoms with Gasteiger partial charge < -0.3 is 23.6 Å². The molecule has 41 heavy (non-hydrogen) atoms. The normalized spacial score (nSPS) is 22.1. The quantitative estimate of drug-likeness (QED) is 0.488. The second-order valence-electron chi connectivity index (χ2n) is 11.4. The molecular formula is C30H28B4N6O. The van der Waals surface area contributed by atoms with Crippen LogP contribution < -0.4 is 4.74 Å². The summed E-state index contributed by atoms with van der Waals surface area (Å²) in [6.07, 6.45) is 22.1. The first-order valence-electron chi connectivity index (χ1n) is 15.5. The molecule has 0 unspecified atom stereocenters. The Bertz CT molecular complexity index is 1800. The molecule has 7 heterocycles. The summed E-state index contributed by atoms with van der Waals surface area (Å²) in [5.41, 5.74) is 2.52. The molecule has 0 bridgehead atoms. The topological polar surface area (TPSA) is 48.0 Å². The fraction of sp³-hybridized carbons (Fsp3) is 0.133. The summed E-state index contributed by atoms with van der Waals surface area (Å²) >= 11 is 0. The van der Waals surface area contributed by atoms with Crippen molar-refractivity contribution in [2.24, 2.45) is 0 Å². The van der Waals surface area contributed by atoms with Crippen molar-refractivity contribution in [3.05, 3.63) is 138 Å². The minimum Gasteiger partial charge on any atom is -0.437 e. The third-order valence-electron chi connectivity index (χ3n) is 8.66. The van der Waals surface area contributed by atoms with Gasteiger partial charge in [-0.1, -0.05) is 60.3 Å². The molecule has 0 radical (unpaired) electrons. The van der Waals surface area contributed by atoms with Crippen LogP contribution in [0, 0.1) is 0 Å². The first-order valence-corrected chi connectivity index (χ1v) is 14.0. The maximum Gasteiger partial charge on any atom is 0.380 e. The molecule has 11 heteroatoms. The average Bonchev–Trinajstić information content (AvgIpc) is 3.03. The van der Waals surface area contributed by atoms with Gasteiger partial charge in [0, 0.05) is 20.7 Å². The van der Waals surface area contributed by atoms with Gasteiger partial charge in [-0.3, -0.25) is 4.98 Å². The zero-order chi connectivity index (χ0) is 30.2. The Balaban J connectivity index is 1.29. The molecule has 1 aromatic carbocycles. The van der Waals surface area contributed by atoms with Crippen LogP contribution in [0.3, 0.4) is 0 Å². The monoisotopic (exact) mass is 535 g/mol. The lowest BCUT2D eigenvalue weighted by Gasteiger charge is -2.53. The molecule has 7 nitrogen and oxygen atoms in total. The molecule has 0 spiro atoms. The van der Waals surface area contributed by atoms with Gasteiger partial charge in [0.15, 0.2) is 0 Å². The van der Waals surface area contributed by atoms with Crippen LogP contribution >= 0.6 is 0 Å². The minimum atomic E-state index is -2.40. The number of ether oxygens (including phenoxy) is 1. The second-order valence-corrected chi connectivity index (χ2v) is 11.4. The third kappa shape index (κ3) is 3.64. The molecular weight excluding hydrogens is 504 g/mol. The van der Waals surface area contributed by atoms with Crippen LogP contribution in [-0.2, 0) is 5.41 Å². The molecule has 1 saturated heterocycles. The minimum absolute atomic E-state index is 0.0557. The van der Waals surface area contributed by atoms with Crippen LogP contribution in [0.1, 0.15) is 41.8 Å². The molecule has 8 rings (SSSR count). The molecule has 0 atom stereocenters. The van der Waals surface area contributed by atoms with Gasteiger partial charge in [0.2, 0.25) is 5.88 Å². The highest BCUT2D eigenvalue weighted by molar-refractivity contribution is 6.92. The van der Waals surface area contributed by atoms with Gasteiger partial charge >= 0.3 is 27.9 Å². The molecule has 1 fully saturated rings. The first kappa shape index (κ1) is 21.3. The lowest BCUT2D eigenvalue weighted by Crippen LogP contribution is -2.73. The third-order valence-corrected chi connectivity index (χ3v) is 8.66. The lowest BCUT2D eigenvalue weighted by atomic mass is 9.41. The predicted octanol–water partition coefficient (Wildman–Crippen LogP) is 4.79. The average molecular weight is 535 g/mol. The van der Waals surface area contributed by atoms with Gasteiger partial charge in [0.05, 0.1) is 11.9 Å². The maximum atomic E-state index is 8.63. The van der Waals surface area contributed by atoms with E-state index in [9.17, 15) is 0 Å². The van der Waals surface area contributed by atoms with E-state index in [1.807, 2.05) is 73.0 Å². The Labute approximate surface area is 247 Å². The van der Waals surface area contributed by atoms with E-state index in [-0.39, 0.29) is 26.5 Å². The molecule has 0 N–H and O–H groups in total. The van der Waals surface area contributed by atoms with Crippen LogP contribution in [-0.4, -0.2) is 56.8 Å². The van der Waals surface area contributed by atoms with E-state index in [1.165, 1.54) is 0 Å². The Morgan fingerprint density at radius 3 is 2.12 bits per heavy atom. The zero-order valence-corrected chi connectivity index (χ0v) is 22.9. The molecule has 196 valence electrons. The van der Waals surface area contributed by atoms with Crippen LogP contribution in [0.4, 0.5) is 0 Å². The van der Waals surface area contributed by atoms with E-state index in [2.05, 4.69) is 69.1 Å². The van der Waals surface area contributed by atoms with E-state index >= 15 is 0 Å². The van der Waals surface area contributed by atoms with E-state index in [1.54, 1.807) is 6.20 Å². The first-order chi connectivity index (χ1) is 21.2. The van der Waals surface area contributed by atoms with Gasteiger partial charge in [-0.2, -0.15) is 0 Å². The summed E-state index contributed by atoms with van der Waals surface area (Å²) in [4.78, 5) is 9.80. The van der Waals surface area contributed by atoms with Gasteiger partial charge in [0.25, 0.3) is 0 Å². The molecule has 0 saturated carbocycles. The Hall–Kier alpha value is -4.52. The number of allylic oxidation sites excluding steroid dienone is 8. The van der Waals surface area contributed by atoms with E-state index in [4.69, 9.17) is 18.8 Å². The zero-order valence-electron chi connectivity index (χ0n) is 25.9. The van der Waals surface area contributed by atoms with Gasteiger partial charge in [-0.25, -0.2) is 4.98 Å². The standard InChI is InChI=1S/C30H28B4N6O/c1-23-20-34-39-19-11-7-15-32(39)37-17-9-6-14-31(37)38-18-10-8-16-33(38)40(34)22-24(23)26-21-35-28-29(36-26)41-27-13-5-4-12-25(27)30(28,2)3/h4-22H,1-3H3/i1D3. The summed E-state index contributed by atoms with van der Waals surface area (Å²) in [7, 11) is 0. The molecule has 2 aromatic rings. The predicted molar refractivity (Wildman–Crippen MR) is 168 cm³/mol. The molecule has 6 aliphatic heterocycles. The number of para-hydroxylation sites is 1. The lowest BCUT2D eigenvalue weighted by molar-refractivity contribution is 0.392. The van der Waals surface area contributed by atoms with Crippen LogP contribution in [0.5, 0.6) is 11.6 Å². The molecule has 0 amide bonds. The van der Waals surface area contributed by atoms with Crippen LogP contribution in [0.2, 0.25) is 0 Å². The van der Waals surface area contributed by atoms with E-state index in [0.717, 1.165) is 17.0 Å². The van der Waals surface area contributed by atoms with Crippen molar-refractivity contribution in [3.63, 3.8) is 0 Å². The van der Waals surface area contributed by atoms with Crippen LogP contribution in [0.25, 0.3) is 5.57 Å². The number of hydrogen-bond acceptors (Lipinski definition) is 7. The largest absolute Gasteiger partial charge is 0.437 e. The molecule has 1 aromatic heterocycles. The number of hydrogen-bond donors (Lipinski definition) is 0. The molecule has 0 aliphatic carbocycles. The summed E-state index contributed by atoms with van der Waals surface area (Å²) in [6, 6.07) is 7.90. The summed E-state index contributed by atoms with van der Waals surface area (Å²) in [6.45, 7) is 1.03. The van der Waals surface area contributed by atoms with Crippen molar-refractivity contribution in [2.75, 3.05) is 0 Å². The van der Waals surface area contributed by atoms with Crippen molar-refractivity contribution in [1.82, 2.24) is 28.9 Å². The smallest absolute Gasteiger partial charge is 0.380 e. The summed E-state index contributed by atoms with van der Waals surface area (Å²) in [5, 5.41) is 0. The van der Waals surface area contributed by atoms with Crippen molar-refractivity contribution >= 4 is 33.5 Å². The number of nitrogens with zero attached hydrogens (tertiary/aromatic N) is 6. The van der Waals surface area contributed by atoms with Gasteiger partial charge in [-0.05, 0) is 75.4 Å². The number of fused-ring (bicyclic) bond motifs is 10. The van der Waals surface area contributed by atoms with Gasteiger partial charge in [-0.15, -0.1) is 0 Å². The fourth-order valence-electron chi connectivity index (χ4n) is 6.60. The Kier molecular flexibility index (Phi) is 4.66. The van der Waals surface area contributed by atoms with Crippen LogP contribution in [0.15, 0.2) is 121 Å². The highest BCUT2D eigenvalue weighted by atomic mass is 16.5. The second kappa shape index (κ2) is 8.99. The molecule has 6 aliphatic rings. The van der Waals surface area contributed by atoms with Crippen molar-refractivity contribution < 1.29 is 8.85 Å². The SMILES string of the molecule is [2H]C([2H])([2H])C1=CB2N3C=CC=CB3N3C=CC=CB3N3C=CC=CB3N2C=C1c1cnc2c(n1)Oc1ccccc1C2(C)C. The Morgan fingerprint density at radius 1 is 0.805 bits per heavy atom. The maximum absolute atomic E-state index is 8.63. The summed E-state index contributed by atoms with van der Waals surface area (Å²) < 4.78 is 41.2. The highest BCUT2D eigenvalue weighted by Gasteiger charge is 2.50. The van der Waals surface area contributed by atoms with E-state index in [0.29, 0.717) is 17.1 Å². The summed E-state index contributed by atoms with van der Waals surface area (Å²) in [5.74, 6) is 9.47. The number of benzene rings is 1. The highest BCUT2D eigenvalue weighted by Crippen LogP contribution is 2.46. The Morgan fingerprint density at radius 2 is 1.44 bits per heavy atom. The fourth-order valence-corrected chi connectivity index (χ4v) is 6.60. The number of aromatic nitrogens is 2. The van der Waals surface area contributed by atoms with Crippen molar-refractivity contribution in [2.45, 2.75) is 26.1 Å². The van der Waals surface area contributed by atoms with E-state index < -0.39 is 19.2 Å². The van der Waals surface area contributed by atoms with Crippen molar-refractivity contribution in [1.29, 1.82) is 0 Å². The number of rotatable bonds is 1. The van der Waals surface area contributed by atoms with Crippen molar-refractivity contribution in [3.8, 4) is 11.6 Å². The van der Waals surface area contributed by atoms with Gasteiger partial charge in [0.1, 0.15) is 11.4 Å².